The van der Waals surface area contributed by atoms with Crippen LogP contribution in [0.15, 0.2) is 4.99 Å². The maximum absolute atomic E-state index is 12.4. The highest BCUT2D eigenvalue weighted by molar-refractivity contribution is 5.94. The molecule has 0 aromatic carbocycles. The predicted octanol–water partition coefficient (Wildman–Crippen LogP) is -5.00. The second kappa shape index (κ2) is 13.7. The van der Waals surface area contributed by atoms with Crippen LogP contribution < -0.4 is 33.2 Å². The Morgan fingerprint density at radius 1 is 0.900 bits per heavy atom. The van der Waals surface area contributed by atoms with Crippen molar-refractivity contribution in [3.8, 4) is 0 Å². The number of hydrogen-bond donors (Lipinski definition) is 9. The van der Waals surface area contributed by atoms with Crippen LogP contribution in [0.4, 0.5) is 0 Å². The molecule has 3 atom stereocenters. The molecular formula is C15H27N7O8. The summed E-state index contributed by atoms with van der Waals surface area (Å²) in [7, 11) is 0. The summed E-state index contributed by atoms with van der Waals surface area (Å²) in [6.07, 6.45) is -0.575. The number of aliphatic carboxylic acids is 2. The first kappa shape index (κ1) is 26.5. The maximum atomic E-state index is 12.4. The molecule has 3 unspecified atom stereocenters. The van der Waals surface area contributed by atoms with E-state index in [-0.39, 0.29) is 25.3 Å². The van der Waals surface area contributed by atoms with Gasteiger partial charge in [-0.15, -0.1) is 0 Å². The Balaban J connectivity index is 5.12. The summed E-state index contributed by atoms with van der Waals surface area (Å²) < 4.78 is 0. The number of carboxylic acids is 2. The number of nitrogens with zero attached hydrogens (tertiary/aromatic N) is 1. The number of carbonyl (C=O) groups is 5. The highest BCUT2D eigenvalue weighted by Crippen LogP contribution is 2.01. The number of aliphatic imine (C=N–C) groups is 1. The molecule has 0 aliphatic rings. The summed E-state index contributed by atoms with van der Waals surface area (Å²) in [6.45, 7) is -1.16. The third-order valence-corrected chi connectivity index (χ3v) is 3.59. The van der Waals surface area contributed by atoms with Crippen molar-refractivity contribution in [2.75, 3.05) is 19.7 Å². The third kappa shape index (κ3) is 10.8. The van der Waals surface area contributed by atoms with Gasteiger partial charge in [0.2, 0.25) is 17.7 Å². The molecule has 0 spiro atoms. The van der Waals surface area contributed by atoms with Crippen LogP contribution in [0.5, 0.6) is 0 Å². The van der Waals surface area contributed by atoms with Crippen molar-refractivity contribution in [2.45, 2.75) is 37.4 Å². The number of aliphatic hydroxyl groups is 1. The number of nitrogens with two attached hydrogens (primary N) is 3. The zero-order valence-electron chi connectivity index (χ0n) is 16.0. The van der Waals surface area contributed by atoms with Crippen molar-refractivity contribution in [3.05, 3.63) is 0 Å². The van der Waals surface area contributed by atoms with Crippen molar-refractivity contribution in [2.24, 2.45) is 22.2 Å². The van der Waals surface area contributed by atoms with Gasteiger partial charge in [0.05, 0.1) is 19.6 Å². The van der Waals surface area contributed by atoms with E-state index in [2.05, 4.69) is 15.6 Å². The van der Waals surface area contributed by atoms with Gasteiger partial charge in [-0.05, 0) is 12.8 Å². The van der Waals surface area contributed by atoms with E-state index in [0.29, 0.717) is 0 Å². The van der Waals surface area contributed by atoms with Gasteiger partial charge in [-0.1, -0.05) is 0 Å². The topological polar surface area (TPSA) is 273 Å². The molecule has 0 aliphatic carbocycles. The molecule has 15 nitrogen and oxygen atoms in total. The molecule has 0 bridgehead atoms. The lowest BCUT2D eigenvalue weighted by Gasteiger charge is -2.23. The number of nitrogens with one attached hydrogen (secondary N) is 3. The summed E-state index contributed by atoms with van der Waals surface area (Å²) in [4.78, 5) is 61.6. The summed E-state index contributed by atoms with van der Waals surface area (Å²) >= 11 is 0. The normalized spacial score (nSPS) is 13.3. The van der Waals surface area contributed by atoms with Crippen LogP contribution in [-0.2, 0) is 24.0 Å². The molecule has 0 fully saturated rings. The summed E-state index contributed by atoms with van der Waals surface area (Å²) in [5.74, 6) is -5.88. The number of amides is 3. The van der Waals surface area contributed by atoms with Crippen LogP contribution in [0.2, 0.25) is 0 Å². The molecule has 170 valence electrons. The van der Waals surface area contributed by atoms with Crippen LogP contribution in [-0.4, -0.2) is 88.8 Å². The lowest BCUT2D eigenvalue weighted by molar-refractivity contribution is -0.147. The monoisotopic (exact) mass is 433 g/mol. The van der Waals surface area contributed by atoms with Crippen LogP contribution in [0.1, 0.15) is 19.3 Å². The van der Waals surface area contributed by atoms with E-state index in [1.807, 2.05) is 5.32 Å². The number of rotatable bonds is 14. The van der Waals surface area contributed by atoms with Gasteiger partial charge < -0.3 is 48.5 Å². The number of carboxylic acid groups (broad SMARTS) is 2. The average molecular weight is 433 g/mol. The van der Waals surface area contributed by atoms with Gasteiger partial charge in [0.1, 0.15) is 18.1 Å². The molecular weight excluding hydrogens is 406 g/mol. The van der Waals surface area contributed by atoms with E-state index in [1.54, 1.807) is 0 Å². The van der Waals surface area contributed by atoms with Crippen molar-refractivity contribution in [3.63, 3.8) is 0 Å². The number of hydrogen-bond acceptors (Lipinski definition) is 8. The van der Waals surface area contributed by atoms with Gasteiger partial charge in [-0.25, -0.2) is 4.79 Å². The van der Waals surface area contributed by atoms with Gasteiger partial charge in [0, 0.05) is 6.54 Å². The minimum atomic E-state index is -1.77. The molecule has 0 aromatic heterocycles. The number of carbonyl (C=O) groups excluding carboxylic acids is 3. The van der Waals surface area contributed by atoms with Crippen molar-refractivity contribution >= 4 is 35.6 Å². The highest BCUT2D eigenvalue weighted by Gasteiger charge is 2.30. The maximum Gasteiger partial charge on any atom is 0.326 e. The lowest BCUT2D eigenvalue weighted by Crippen LogP contribution is -2.57. The van der Waals surface area contributed by atoms with Crippen molar-refractivity contribution < 1.29 is 39.3 Å². The van der Waals surface area contributed by atoms with Crippen LogP contribution in [0, 0.1) is 0 Å². The molecule has 30 heavy (non-hydrogen) atoms. The molecule has 0 radical (unpaired) electrons. The van der Waals surface area contributed by atoms with Gasteiger partial charge in [0.25, 0.3) is 0 Å². The smallest absolute Gasteiger partial charge is 0.326 e. The molecule has 12 N–H and O–H groups in total. The number of guanidine groups is 1. The zero-order chi connectivity index (χ0) is 23.3. The Hall–Kier alpha value is -3.46. The Bertz CT molecular complexity index is 665. The van der Waals surface area contributed by atoms with Crippen molar-refractivity contribution in [1.82, 2.24) is 16.0 Å². The molecule has 3 amide bonds. The SMILES string of the molecule is NCC(=O)NC(CCCN=C(N)N)C(=O)NC(CO)C(=O)NC(CC(=O)O)C(=O)O. The fraction of sp³-hybridized carbons (Fsp3) is 0.600. The molecule has 0 heterocycles. The first-order chi connectivity index (χ1) is 14.0. The van der Waals surface area contributed by atoms with Crippen LogP contribution in [0.3, 0.4) is 0 Å². The minimum absolute atomic E-state index is 0.0604. The Kier molecular flexibility index (Phi) is 12.1. The van der Waals surface area contributed by atoms with E-state index in [0.717, 1.165) is 0 Å². The van der Waals surface area contributed by atoms with E-state index >= 15 is 0 Å². The highest BCUT2D eigenvalue weighted by atomic mass is 16.4. The second-order valence-corrected chi connectivity index (χ2v) is 6.01. The Labute approximate surface area is 171 Å². The van der Waals surface area contributed by atoms with E-state index in [9.17, 15) is 29.1 Å². The van der Waals surface area contributed by atoms with Gasteiger partial charge in [0.15, 0.2) is 5.96 Å². The Morgan fingerprint density at radius 2 is 1.47 bits per heavy atom. The van der Waals surface area contributed by atoms with Gasteiger partial charge in [-0.2, -0.15) is 0 Å². The molecule has 0 saturated carbocycles. The average Bonchev–Trinajstić information content (AvgIpc) is 2.66. The predicted molar refractivity (Wildman–Crippen MR) is 102 cm³/mol. The van der Waals surface area contributed by atoms with E-state index in [4.69, 9.17) is 27.4 Å². The van der Waals surface area contributed by atoms with Crippen LogP contribution in [0.25, 0.3) is 0 Å². The third-order valence-electron chi connectivity index (χ3n) is 3.59. The summed E-state index contributed by atoms with van der Waals surface area (Å²) in [6, 6.07) is -4.51. The first-order valence-corrected chi connectivity index (χ1v) is 8.72. The molecule has 0 rings (SSSR count). The fourth-order valence-electron chi connectivity index (χ4n) is 2.14. The molecule has 15 heteroatoms. The largest absolute Gasteiger partial charge is 0.481 e. The standard InChI is InChI=1S/C15H27N7O8/c16-5-10(24)20-7(2-1-3-19-15(17)18)12(27)22-9(6-23)13(28)21-8(14(29)30)4-11(25)26/h7-9,23H,1-6,16H2,(H,20,24)(H,21,28)(H,22,27)(H,25,26)(H,29,30)(H4,17,18,19). The fourth-order valence-corrected chi connectivity index (χ4v) is 2.14. The zero-order valence-corrected chi connectivity index (χ0v) is 16.0. The molecule has 0 aliphatic heterocycles. The quantitative estimate of drug-likeness (QED) is 0.0710. The first-order valence-electron chi connectivity index (χ1n) is 8.72. The van der Waals surface area contributed by atoms with E-state index < -0.39 is 67.4 Å². The van der Waals surface area contributed by atoms with E-state index in [1.165, 1.54) is 0 Å². The van der Waals surface area contributed by atoms with Crippen LogP contribution >= 0.6 is 0 Å². The van der Waals surface area contributed by atoms with Gasteiger partial charge >= 0.3 is 11.9 Å². The summed E-state index contributed by atoms with van der Waals surface area (Å²) in [5.41, 5.74) is 15.6. The molecule has 0 aromatic rings. The number of aliphatic hydroxyl groups excluding tert-OH is 1. The minimum Gasteiger partial charge on any atom is -0.481 e. The molecule has 0 saturated heterocycles. The summed E-state index contributed by atoms with van der Waals surface area (Å²) in [5, 5.41) is 33.4. The Morgan fingerprint density at radius 3 is 1.93 bits per heavy atom. The second-order valence-electron chi connectivity index (χ2n) is 6.01. The van der Waals surface area contributed by atoms with Gasteiger partial charge in [-0.3, -0.25) is 24.2 Å². The van der Waals surface area contributed by atoms with Crippen molar-refractivity contribution in [1.29, 1.82) is 0 Å². The lowest BCUT2D eigenvalue weighted by atomic mass is 10.1.